The molecule has 1 N–H and O–H groups in total. The number of para-hydroxylation sites is 1. The highest BCUT2D eigenvalue weighted by molar-refractivity contribution is 5.75. The van der Waals surface area contributed by atoms with Crippen molar-refractivity contribution in [2.75, 3.05) is 13.7 Å². The largest absolute Gasteiger partial charge is 0.496 e. The summed E-state index contributed by atoms with van der Waals surface area (Å²) in [6, 6.07) is 7.44. The van der Waals surface area contributed by atoms with Gasteiger partial charge in [0, 0.05) is 19.4 Å². The van der Waals surface area contributed by atoms with Crippen LogP contribution in [0.15, 0.2) is 28.8 Å². The SMILES string of the molecule is CCNC(=O)CCc1nc(-c2ccccc2OC)no1. The third kappa shape index (κ3) is 3.34. The van der Waals surface area contributed by atoms with Gasteiger partial charge >= 0.3 is 0 Å². The Morgan fingerprint density at radius 2 is 2.20 bits per heavy atom. The molecule has 6 nitrogen and oxygen atoms in total. The fourth-order valence-electron chi connectivity index (χ4n) is 1.80. The number of aryl methyl sites for hydroxylation is 1. The normalized spacial score (nSPS) is 10.3. The van der Waals surface area contributed by atoms with Crippen LogP contribution in [-0.4, -0.2) is 29.7 Å². The predicted molar refractivity (Wildman–Crippen MR) is 73.3 cm³/mol. The molecule has 0 aliphatic heterocycles. The summed E-state index contributed by atoms with van der Waals surface area (Å²) in [6.07, 6.45) is 0.759. The Balaban J connectivity index is 2.07. The Labute approximate surface area is 117 Å². The first-order valence-electron chi connectivity index (χ1n) is 6.47. The van der Waals surface area contributed by atoms with Crippen LogP contribution in [0.5, 0.6) is 5.75 Å². The van der Waals surface area contributed by atoms with Crippen molar-refractivity contribution in [2.45, 2.75) is 19.8 Å². The van der Waals surface area contributed by atoms with E-state index in [2.05, 4.69) is 15.5 Å². The van der Waals surface area contributed by atoms with Gasteiger partial charge in [-0.2, -0.15) is 4.98 Å². The van der Waals surface area contributed by atoms with E-state index in [1.54, 1.807) is 7.11 Å². The summed E-state index contributed by atoms with van der Waals surface area (Å²) < 4.78 is 10.4. The van der Waals surface area contributed by atoms with E-state index >= 15 is 0 Å². The summed E-state index contributed by atoms with van der Waals surface area (Å²) in [4.78, 5) is 15.7. The molecule has 0 bridgehead atoms. The number of rotatable bonds is 6. The van der Waals surface area contributed by atoms with Gasteiger partial charge in [-0.3, -0.25) is 4.79 Å². The van der Waals surface area contributed by atoms with E-state index in [-0.39, 0.29) is 5.91 Å². The Kier molecular flexibility index (Phi) is 4.70. The lowest BCUT2D eigenvalue weighted by Gasteiger charge is -2.03. The van der Waals surface area contributed by atoms with Crippen LogP contribution in [0.1, 0.15) is 19.2 Å². The van der Waals surface area contributed by atoms with E-state index in [0.717, 1.165) is 5.56 Å². The van der Waals surface area contributed by atoms with Gasteiger partial charge in [-0.15, -0.1) is 0 Å². The fraction of sp³-hybridized carbons (Fsp3) is 0.357. The lowest BCUT2D eigenvalue weighted by molar-refractivity contribution is -0.121. The van der Waals surface area contributed by atoms with E-state index in [0.29, 0.717) is 36.9 Å². The molecular weight excluding hydrogens is 258 g/mol. The van der Waals surface area contributed by atoms with Crippen molar-refractivity contribution >= 4 is 5.91 Å². The number of hydrogen-bond donors (Lipinski definition) is 1. The van der Waals surface area contributed by atoms with E-state index in [1.165, 1.54) is 0 Å². The Morgan fingerprint density at radius 3 is 2.95 bits per heavy atom. The molecule has 0 saturated heterocycles. The van der Waals surface area contributed by atoms with Crippen LogP contribution in [0, 0.1) is 0 Å². The maximum Gasteiger partial charge on any atom is 0.227 e. The molecule has 20 heavy (non-hydrogen) atoms. The summed E-state index contributed by atoms with van der Waals surface area (Å²) in [7, 11) is 1.59. The van der Waals surface area contributed by atoms with Gasteiger partial charge in [0.05, 0.1) is 12.7 Å². The zero-order valence-corrected chi connectivity index (χ0v) is 11.5. The summed E-state index contributed by atoms with van der Waals surface area (Å²) in [5.41, 5.74) is 0.767. The van der Waals surface area contributed by atoms with Gasteiger partial charge in [-0.05, 0) is 19.1 Å². The molecule has 0 spiro atoms. The average molecular weight is 275 g/mol. The first kappa shape index (κ1) is 14.0. The van der Waals surface area contributed by atoms with E-state index in [9.17, 15) is 4.79 Å². The Morgan fingerprint density at radius 1 is 1.40 bits per heavy atom. The average Bonchev–Trinajstić information content (AvgIpc) is 2.94. The monoisotopic (exact) mass is 275 g/mol. The molecule has 6 heteroatoms. The third-order valence-electron chi connectivity index (χ3n) is 2.76. The number of carbonyl (C=O) groups is 1. The first-order valence-corrected chi connectivity index (χ1v) is 6.47. The predicted octanol–water partition coefficient (Wildman–Crippen LogP) is 1.81. The second-order valence-corrected chi connectivity index (χ2v) is 4.17. The number of nitrogens with one attached hydrogen (secondary N) is 1. The summed E-state index contributed by atoms with van der Waals surface area (Å²) >= 11 is 0. The van der Waals surface area contributed by atoms with Crippen molar-refractivity contribution in [3.63, 3.8) is 0 Å². The van der Waals surface area contributed by atoms with Crippen LogP contribution >= 0.6 is 0 Å². The molecular formula is C14H17N3O3. The summed E-state index contributed by atoms with van der Waals surface area (Å²) in [6.45, 7) is 2.50. The van der Waals surface area contributed by atoms with Gasteiger partial charge in [-0.1, -0.05) is 17.3 Å². The fourth-order valence-corrected chi connectivity index (χ4v) is 1.80. The zero-order valence-electron chi connectivity index (χ0n) is 11.5. The molecule has 0 fully saturated rings. The van der Waals surface area contributed by atoms with Gasteiger partial charge in [0.15, 0.2) is 0 Å². The van der Waals surface area contributed by atoms with Crippen LogP contribution in [0.2, 0.25) is 0 Å². The van der Waals surface area contributed by atoms with Crippen LogP contribution < -0.4 is 10.1 Å². The molecule has 0 unspecified atom stereocenters. The van der Waals surface area contributed by atoms with Crippen molar-refractivity contribution in [3.8, 4) is 17.1 Å². The van der Waals surface area contributed by atoms with Gasteiger partial charge in [0.25, 0.3) is 0 Å². The number of hydrogen-bond acceptors (Lipinski definition) is 5. The number of ether oxygens (including phenoxy) is 1. The number of aromatic nitrogens is 2. The van der Waals surface area contributed by atoms with Crippen molar-refractivity contribution in [1.82, 2.24) is 15.5 Å². The van der Waals surface area contributed by atoms with Gasteiger partial charge in [-0.25, -0.2) is 0 Å². The van der Waals surface area contributed by atoms with Gasteiger partial charge < -0.3 is 14.6 Å². The minimum absolute atomic E-state index is 0.0236. The molecule has 0 aliphatic rings. The van der Waals surface area contributed by atoms with Gasteiger partial charge in [0.1, 0.15) is 5.75 Å². The third-order valence-corrected chi connectivity index (χ3v) is 2.76. The second kappa shape index (κ2) is 6.70. The van der Waals surface area contributed by atoms with Crippen molar-refractivity contribution in [1.29, 1.82) is 0 Å². The number of methoxy groups -OCH3 is 1. The minimum Gasteiger partial charge on any atom is -0.496 e. The van der Waals surface area contributed by atoms with Crippen LogP contribution in [0.4, 0.5) is 0 Å². The highest BCUT2D eigenvalue weighted by atomic mass is 16.5. The molecule has 106 valence electrons. The van der Waals surface area contributed by atoms with Crippen molar-refractivity contribution in [3.05, 3.63) is 30.2 Å². The number of carbonyl (C=O) groups excluding carboxylic acids is 1. The maximum absolute atomic E-state index is 11.4. The molecule has 0 atom stereocenters. The summed E-state index contributed by atoms with van der Waals surface area (Å²) in [5.74, 6) is 1.57. The first-order chi connectivity index (χ1) is 9.74. The summed E-state index contributed by atoms with van der Waals surface area (Å²) in [5, 5.41) is 6.64. The molecule has 1 aromatic heterocycles. The van der Waals surface area contributed by atoms with Crippen molar-refractivity contribution in [2.24, 2.45) is 0 Å². The lowest BCUT2D eigenvalue weighted by atomic mass is 10.2. The van der Waals surface area contributed by atoms with E-state index in [1.807, 2.05) is 31.2 Å². The number of amides is 1. The molecule has 0 radical (unpaired) electrons. The quantitative estimate of drug-likeness (QED) is 0.870. The molecule has 1 aromatic carbocycles. The Hall–Kier alpha value is -2.37. The topological polar surface area (TPSA) is 77.2 Å². The smallest absolute Gasteiger partial charge is 0.227 e. The molecule has 1 amide bonds. The molecule has 2 rings (SSSR count). The van der Waals surface area contributed by atoms with Crippen LogP contribution in [0.3, 0.4) is 0 Å². The maximum atomic E-state index is 11.4. The number of nitrogens with zero attached hydrogens (tertiary/aromatic N) is 2. The van der Waals surface area contributed by atoms with Crippen LogP contribution in [-0.2, 0) is 11.2 Å². The molecule has 0 aliphatic carbocycles. The van der Waals surface area contributed by atoms with E-state index in [4.69, 9.17) is 9.26 Å². The zero-order chi connectivity index (χ0) is 14.4. The highest BCUT2D eigenvalue weighted by Gasteiger charge is 2.13. The van der Waals surface area contributed by atoms with Crippen LogP contribution in [0.25, 0.3) is 11.4 Å². The van der Waals surface area contributed by atoms with Crippen molar-refractivity contribution < 1.29 is 14.1 Å². The lowest BCUT2D eigenvalue weighted by Crippen LogP contribution is -2.22. The van der Waals surface area contributed by atoms with E-state index < -0.39 is 0 Å². The number of benzene rings is 1. The highest BCUT2D eigenvalue weighted by Crippen LogP contribution is 2.27. The van der Waals surface area contributed by atoms with Gasteiger partial charge in [0.2, 0.25) is 17.6 Å². The minimum atomic E-state index is -0.0236. The standard InChI is InChI=1S/C14H17N3O3/c1-3-15-12(18)8-9-13-16-14(17-20-13)10-6-4-5-7-11(10)19-2/h4-7H,3,8-9H2,1-2H3,(H,15,18). The molecule has 0 saturated carbocycles. The Bertz CT molecular complexity index is 581. The molecule has 2 aromatic rings. The molecule has 1 heterocycles. The second-order valence-electron chi connectivity index (χ2n) is 4.17.